The van der Waals surface area contributed by atoms with Crippen LogP contribution in [-0.2, 0) is 0 Å². The van der Waals surface area contributed by atoms with Crippen molar-refractivity contribution in [3.05, 3.63) is 52.2 Å². The van der Waals surface area contributed by atoms with Crippen LogP contribution in [0, 0.1) is 5.92 Å². The van der Waals surface area contributed by atoms with Crippen LogP contribution < -0.4 is 15.5 Å². The zero-order valence-corrected chi connectivity index (χ0v) is 15.0. The van der Waals surface area contributed by atoms with Gasteiger partial charge in [0.2, 0.25) is 0 Å². The minimum absolute atomic E-state index is 0.0929. The van der Waals surface area contributed by atoms with Gasteiger partial charge in [-0.05, 0) is 48.4 Å². The fraction of sp³-hybridized carbons (Fsp3) is 0.368. The molecule has 26 heavy (non-hydrogen) atoms. The number of aliphatic hydroxyl groups excluding tert-OH is 1. The third-order valence-corrected chi connectivity index (χ3v) is 5.99. The monoisotopic (exact) mass is 371 g/mol. The summed E-state index contributed by atoms with van der Waals surface area (Å²) < 4.78 is 0. The molecule has 1 saturated heterocycles. The molecule has 1 saturated carbocycles. The van der Waals surface area contributed by atoms with Crippen molar-refractivity contribution >= 4 is 29.0 Å². The van der Waals surface area contributed by atoms with Crippen LogP contribution in [0.15, 0.2) is 41.8 Å². The van der Waals surface area contributed by atoms with Crippen molar-refractivity contribution in [3.63, 3.8) is 0 Å². The molecular weight excluding hydrogens is 350 g/mol. The van der Waals surface area contributed by atoms with Crippen molar-refractivity contribution in [2.24, 2.45) is 5.92 Å². The molecule has 1 aliphatic heterocycles. The van der Waals surface area contributed by atoms with E-state index >= 15 is 0 Å². The second-order valence-corrected chi connectivity index (χ2v) is 7.77. The Morgan fingerprint density at radius 1 is 1.31 bits per heavy atom. The molecule has 2 fully saturated rings. The smallest absolute Gasteiger partial charge is 0.321 e. The van der Waals surface area contributed by atoms with Crippen LogP contribution in [-0.4, -0.2) is 36.2 Å². The number of thiophene rings is 1. The van der Waals surface area contributed by atoms with Gasteiger partial charge in [0.15, 0.2) is 0 Å². The van der Waals surface area contributed by atoms with E-state index in [1.165, 1.54) is 0 Å². The number of hydrogen-bond donors (Lipinski definition) is 3. The molecule has 1 atom stereocenters. The maximum atomic E-state index is 12.8. The molecule has 1 aromatic heterocycles. The van der Waals surface area contributed by atoms with Crippen molar-refractivity contribution in [3.8, 4) is 0 Å². The van der Waals surface area contributed by atoms with E-state index in [0.717, 1.165) is 10.6 Å². The lowest BCUT2D eigenvalue weighted by Gasteiger charge is -2.37. The van der Waals surface area contributed by atoms with Crippen molar-refractivity contribution in [1.82, 2.24) is 10.6 Å². The van der Waals surface area contributed by atoms with Gasteiger partial charge in [0.25, 0.3) is 5.91 Å². The summed E-state index contributed by atoms with van der Waals surface area (Å²) in [4.78, 5) is 27.4. The second kappa shape index (κ2) is 7.09. The Morgan fingerprint density at radius 3 is 2.81 bits per heavy atom. The molecule has 3 N–H and O–H groups in total. The highest BCUT2D eigenvalue weighted by molar-refractivity contribution is 7.10. The fourth-order valence-corrected chi connectivity index (χ4v) is 4.42. The van der Waals surface area contributed by atoms with E-state index < -0.39 is 0 Å². The highest BCUT2D eigenvalue weighted by atomic mass is 32.1. The summed E-state index contributed by atoms with van der Waals surface area (Å²) in [7, 11) is 0. The van der Waals surface area contributed by atoms with Crippen LogP contribution in [0.1, 0.15) is 34.1 Å². The third kappa shape index (κ3) is 3.32. The van der Waals surface area contributed by atoms with Gasteiger partial charge in [-0.25, -0.2) is 4.79 Å². The quantitative estimate of drug-likeness (QED) is 0.755. The molecule has 0 radical (unpaired) electrons. The molecule has 4 rings (SSSR count). The van der Waals surface area contributed by atoms with Gasteiger partial charge in [-0.1, -0.05) is 12.1 Å². The topological polar surface area (TPSA) is 81.7 Å². The number of benzene rings is 1. The summed E-state index contributed by atoms with van der Waals surface area (Å²) in [5.74, 6) is 0.0892. The standard InChI is InChI=1S/C19H21N3O3S/c23-15-10-13(11-15)17(16-5-2-8-26-16)21-18(24)12-3-1-4-14(9-12)22-7-6-20-19(22)25/h1-5,8-9,13,15,17,23H,6-7,10-11H2,(H,20,25)(H,21,24)/t13?,15?,17-/m1/s1. The lowest BCUT2D eigenvalue weighted by Crippen LogP contribution is -2.41. The minimum Gasteiger partial charge on any atom is -0.393 e. The fourth-order valence-electron chi connectivity index (χ4n) is 3.55. The number of nitrogens with one attached hydrogen (secondary N) is 2. The number of carbonyl (C=O) groups excluding carboxylic acids is 2. The van der Waals surface area contributed by atoms with Crippen LogP contribution >= 0.6 is 11.3 Å². The van der Waals surface area contributed by atoms with Crippen molar-refractivity contribution in [2.45, 2.75) is 25.0 Å². The highest BCUT2D eigenvalue weighted by Crippen LogP contribution is 2.39. The molecule has 7 heteroatoms. The van der Waals surface area contributed by atoms with Crippen LogP contribution in [0.2, 0.25) is 0 Å². The normalized spacial score (nSPS) is 23.3. The summed E-state index contributed by atoms with van der Waals surface area (Å²) >= 11 is 1.61. The lowest BCUT2D eigenvalue weighted by atomic mass is 9.76. The molecule has 0 unspecified atom stereocenters. The van der Waals surface area contributed by atoms with E-state index in [4.69, 9.17) is 0 Å². The number of nitrogens with zero attached hydrogens (tertiary/aromatic N) is 1. The van der Waals surface area contributed by atoms with Gasteiger partial charge in [-0.3, -0.25) is 9.69 Å². The first kappa shape index (κ1) is 17.1. The van der Waals surface area contributed by atoms with Gasteiger partial charge in [0.05, 0.1) is 12.1 Å². The average molecular weight is 371 g/mol. The van der Waals surface area contributed by atoms with E-state index in [9.17, 15) is 14.7 Å². The number of aliphatic hydroxyl groups is 1. The zero-order valence-electron chi connectivity index (χ0n) is 14.2. The van der Waals surface area contributed by atoms with Gasteiger partial charge in [0.1, 0.15) is 0 Å². The maximum Gasteiger partial charge on any atom is 0.321 e. The molecule has 1 aromatic carbocycles. The number of urea groups is 1. The predicted octanol–water partition coefficient (Wildman–Crippen LogP) is 2.52. The Bertz CT molecular complexity index is 802. The molecule has 1 aliphatic carbocycles. The highest BCUT2D eigenvalue weighted by Gasteiger charge is 2.36. The van der Waals surface area contributed by atoms with Gasteiger partial charge in [-0.15, -0.1) is 11.3 Å². The van der Waals surface area contributed by atoms with E-state index in [1.807, 2.05) is 23.6 Å². The number of carbonyl (C=O) groups is 2. The summed E-state index contributed by atoms with van der Waals surface area (Å²) in [6, 6.07) is 10.9. The SMILES string of the molecule is O=C(N[C@@H](c1cccs1)C1CC(O)C1)c1cccc(N2CCNC2=O)c1. The Hall–Kier alpha value is -2.38. The number of anilines is 1. The third-order valence-electron chi connectivity index (χ3n) is 5.03. The molecule has 6 nitrogen and oxygen atoms in total. The Kier molecular flexibility index (Phi) is 4.65. The summed E-state index contributed by atoms with van der Waals surface area (Å²) in [5.41, 5.74) is 1.25. The molecule has 0 spiro atoms. The molecule has 2 heterocycles. The maximum absolute atomic E-state index is 12.8. The Morgan fingerprint density at radius 2 is 2.15 bits per heavy atom. The molecule has 3 amide bonds. The van der Waals surface area contributed by atoms with E-state index in [-0.39, 0.29) is 30.0 Å². The van der Waals surface area contributed by atoms with Crippen molar-refractivity contribution in [1.29, 1.82) is 0 Å². The molecule has 0 bridgehead atoms. The van der Waals surface area contributed by atoms with Crippen LogP contribution in [0.4, 0.5) is 10.5 Å². The van der Waals surface area contributed by atoms with Gasteiger partial charge in [-0.2, -0.15) is 0 Å². The Balaban J connectivity index is 1.52. The van der Waals surface area contributed by atoms with Crippen LogP contribution in [0.5, 0.6) is 0 Å². The minimum atomic E-state index is -0.267. The zero-order chi connectivity index (χ0) is 18.1. The van der Waals surface area contributed by atoms with Crippen molar-refractivity contribution in [2.75, 3.05) is 18.0 Å². The second-order valence-electron chi connectivity index (χ2n) is 6.79. The lowest BCUT2D eigenvalue weighted by molar-refractivity contribution is 0.0241. The summed E-state index contributed by atoms with van der Waals surface area (Å²) in [6.07, 6.45) is 1.14. The van der Waals surface area contributed by atoms with Gasteiger partial charge in [0, 0.05) is 29.2 Å². The van der Waals surface area contributed by atoms with Crippen LogP contribution in [0.3, 0.4) is 0 Å². The first-order valence-electron chi connectivity index (χ1n) is 8.79. The molecule has 136 valence electrons. The van der Waals surface area contributed by atoms with E-state index in [0.29, 0.717) is 31.5 Å². The predicted molar refractivity (Wildman–Crippen MR) is 100 cm³/mol. The first-order chi connectivity index (χ1) is 12.6. The average Bonchev–Trinajstić information content (AvgIpc) is 3.29. The van der Waals surface area contributed by atoms with Gasteiger partial charge >= 0.3 is 6.03 Å². The van der Waals surface area contributed by atoms with E-state index in [2.05, 4.69) is 10.6 Å². The first-order valence-corrected chi connectivity index (χ1v) is 9.67. The van der Waals surface area contributed by atoms with E-state index in [1.54, 1.807) is 34.4 Å². The largest absolute Gasteiger partial charge is 0.393 e. The number of rotatable bonds is 5. The summed E-state index contributed by atoms with van der Waals surface area (Å²) in [5, 5.41) is 17.5. The van der Waals surface area contributed by atoms with Crippen molar-refractivity contribution < 1.29 is 14.7 Å². The van der Waals surface area contributed by atoms with Gasteiger partial charge < -0.3 is 15.7 Å². The molecular formula is C19H21N3O3S. The van der Waals surface area contributed by atoms with Crippen LogP contribution in [0.25, 0.3) is 0 Å². The number of amides is 3. The summed E-state index contributed by atoms with van der Waals surface area (Å²) in [6.45, 7) is 1.21. The molecule has 2 aromatic rings. The Labute approximate surface area is 155 Å². The molecule has 2 aliphatic rings. The number of hydrogen-bond acceptors (Lipinski definition) is 4.